The fourth-order valence-corrected chi connectivity index (χ4v) is 2.70. The molecule has 0 heterocycles. The Morgan fingerprint density at radius 3 is 2.38 bits per heavy atom. The van der Waals surface area contributed by atoms with Crippen molar-refractivity contribution < 1.29 is 9.59 Å². The second kappa shape index (κ2) is 9.30. The van der Waals surface area contributed by atoms with Crippen LogP contribution in [0, 0.1) is 6.92 Å². The van der Waals surface area contributed by atoms with Crippen molar-refractivity contribution in [2.75, 3.05) is 5.75 Å². The highest BCUT2D eigenvalue weighted by Crippen LogP contribution is 2.17. The first kappa shape index (κ1) is 18.3. The Bertz CT molecular complexity index is 728. The normalized spacial score (nSPS) is 10.6. The number of aryl methyl sites for hydroxylation is 1. The molecule has 2 aromatic carbocycles. The molecule has 0 aliphatic carbocycles. The van der Waals surface area contributed by atoms with Gasteiger partial charge in [-0.25, -0.2) is 0 Å². The molecule has 0 radical (unpaired) electrons. The average Bonchev–Trinajstić information content (AvgIpc) is 2.59. The zero-order valence-corrected chi connectivity index (χ0v) is 15.5. The van der Waals surface area contributed by atoms with Crippen LogP contribution in [0.1, 0.15) is 11.1 Å². The van der Waals surface area contributed by atoms with Crippen molar-refractivity contribution in [3.63, 3.8) is 0 Å². The number of hydrogen-bond donors (Lipinski definition) is 2. The van der Waals surface area contributed by atoms with E-state index in [2.05, 4.69) is 26.8 Å². The third-order valence-electron chi connectivity index (χ3n) is 3.01. The van der Waals surface area contributed by atoms with Crippen molar-refractivity contribution in [2.45, 2.75) is 11.8 Å². The molecule has 6 heteroatoms. The quantitative estimate of drug-likeness (QED) is 0.453. The molecule has 2 N–H and O–H groups in total. The molecule has 0 atom stereocenters. The van der Waals surface area contributed by atoms with Gasteiger partial charge in [0.2, 0.25) is 5.91 Å². The second-order valence-electron chi connectivity index (χ2n) is 5.02. The Balaban J connectivity index is 1.71. The summed E-state index contributed by atoms with van der Waals surface area (Å²) in [4.78, 5) is 24.4. The molecule has 0 aromatic heterocycles. The summed E-state index contributed by atoms with van der Waals surface area (Å²) >= 11 is 4.76. The lowest BCUT2D eigenvalue weighted by Crippen LogP contribution is -2.41. The van der Waals surface area contributed by atoms with Crippen molar-refractivity contribution in [3.8, 4) is 0 Å². The van der Waals surface area contributed by atoms with Gasteiger partial charge in [0.1, 0.15) is 0 Å². The highest BCUT2D eigenvalue weighted by Gasteiger charge is 2.03. The van der Waals surface area contributed by atoms with Crippen LogP contribution >= 0.6 is 27.7 Å². The van der Waals surface area contributed by atoms with Gasteiger partial charge in [-0.3, -0.25) is 20.4 Å². The summed E-state index contributed by atoms with van der Waals surface area (Å²) in [5, 5.41) is 0. The van der Waals surface area contributed by atoms with Gasteiger partial charge in [-0.15, -0.1) is 11.8 Å². The second-order valence-corrected chi connectivity index (χ2v) is 6.99. The van der Waals surface area contributed by atoms with E-state index < -0.39 is 0 Å². The minimum atomic E-state index is -0.383. The summed E-state index contributed by atoms with van der Waals surface area (Å²) < 4.78 is 0.974. The number of carbonyl (C=O) groups excluding carboxylic acids is 2. The molecule has 4 nitrogen and oxygen atoms in total. The summed E-state index contributed by atoms with van der Waals surface area (Å²) in [7, 11) is 0. The lowest BCUT2D eigenvalue weighted by atomic mass is 10.2. The van der Waals surface area contributed by atoms with Gasteiger partial charge in [-0.2, -0.15) is 0 Å². The van der Waals surface area contributed by atoms with E-state index in [1.54, 1.807) is 6.08 Å². The first-order valence-corrected chi connectivity index (χ1v) is 9.03. The van der Waals surface area contributed by atoms with Crippen LogP contribution in [0.4, 0.5) is 0 Å². The largest absolute Gasteiger partial charge is 0.272 e. The molecule has 0 spiro atoms. The number of benzene rings is 2. The molecule has 2 aromatic rings. The van der Waals surface area contributed by atoms with Gasteiger partial charge in [-0.1, -0.05) is 45.8 Å². The van der Waals surface area contributed by atoms with Crippen LogP contribution in [-0.4, -0.2) is 17.6 Å². The molecule has 2 rings (SSSR count). The third-order valence-corrected chi connectivity index (χ3v) is 4.55. The summed E-state index contributed by atoms with van der Waals surface area (Å²) in [6.07, 6.45) is 3.05. The molecule has 2 amide bonds. The van der Waals surface area contributed by atoms with Gasteiger partial charge in [0, 0.05) is 15.4 Å². The van der Waals surface area contributed by atoms with Gasteiger partial charge in [0.05, 0.1) is 5.75 Å². The van der Waals surface area contributed by atoms with Crippen LogP contribution in [0.25, 0.3) is 6.08 Å². The number of rotatable bonds is 5. The molecule has 24 heavy (non-hydrogen) atoms. The predicted molar refractivity (Wildman–Crippen MR) is 101 cm³/mol. The highest BCUT2D eigenvalue weighted by atomic mass is 79.9. The fourth-order valence-electron chi connectivity index (χ4n) is 1.74. The van der Waals surface area contributed by atoms with E-state index in [4.69, 9.17) is 0 Å². The molecule has 0 unspecified atom stereocenters. The van der Waals surface area contributed by atoms with Gasteiger partial charge >= 0.3 is 0 Å². The zero-order chi connectivity index (χ0) is 17.4. The summed E-state index contributed by atoms with van der Waals surface area (Å²) in [6, 6.07) is 15.5. The number of carbonyl (C=O) groups is 2. The predicted octanol–water partition coefficient (Wildman–Crippen LogP) is 3.71. The molecule has 0 saturated heterocycles. The Morgan fingerprint density at radius 2 is 1.71 bits per heavy atom. The van der Waals surface area contributed by atoms with Crippen molar-refractivity contribution in [1.82, 2.24) is 10.9 Å². The zero-order valence-electron chi connectivity index (χ0n) is 13.1. The van der Waals surface area contributed by atoms with Crippen LogP contribution in [0.5, 0.6) is 0 Å². The molecule has 124 valence electrons. The highest BCUT2D eigenvalue weighted by molar-refractivity contribution is 9.10. The number of halogens is 1. The van der Waals surface area contributed by atoms with E-state index in [-0.39, 0.29) is 17.6 Å². The molecule has 0 fully saturated rings. The van der Waals surface area contributed by atoms with E-state index in [1.165, 1.54) is 23.4 Å². The number of hydrazine groups is 1. The third kappa shape index (κ3) is 6.60. The van der Waals surface area contributed by atoms with Crippen LogP contribution in [0.3, 0.4) is 0 Å². The van der Waals surface area contributed by atoms with Gasteiger partial charge in [0.15, 0.2) is 0 Å². The molecular weight excluding hydrogens is 388 g/mol. The monoisotopic (exact) mass is 404 g/mol. The Morgan fingerprint density at radius 1 is 1.04 bits per heavy atom. The Labute approximate surface area is 153 Å². The van der Waals surface area contributed by atoms with E-state index in [0.29, 0.717) is 0 Å². The average molecular weight is 405 g/mol. The van der Waals surface area contributed by atoms with E-state index in [0.717, 1.165) is 14.9 Å². The number of amides is 2. The molecular formula is C18H17BrN2O2S. The summed E-state index contributed by atoms with van der Waals surface area (Å²) in [5.74, 6) is -0.405. The van der Waals surface area contributed by atoms with Crippen LogP contribution in [-0.2, 0) is 9.59 Å². The summed E-state index contributed by atoms with van der Waals surface area (Å²) in [6.45, 7) is 2.01. The molecule has 0 saturated carbocycles. The first-order chi connectivity index (χ1) is 11.5. The summed E-state index contributed by atoms with van der Waals surface area (Å²) in [5.41, 5.74) is 6.83. The first-order valence-electron chi connectivity index (χ1n) is 7.25. The Hall–Kier alpha value is -2.05. The van der Waals surface area contributed by atoms with Crippen LogP contribution < -0.4 is 10.9 Å². The molecule has 0 aliphatic heterocycles. The Kier molecular flexibility index (Phi) is 7.08. The van der Waals surface area contributed by atoms with Crippen molar-refractivity contribution in [3.05, 3.63) is 70.2 Å². The van der Waals surface area contributed by atoms with Crippen LogP contribution in [0.15, 0.2) is 64.0 Å². The van der Waals surface area contributed by atoms with E-state index >= 15 is 0 Å². The maximum Gasteiger partial charge on any atom is 0.262 e. The van der Waals surface area contributed by atoms with Crippen molar-refractivity contribution in [1.29, 1.82) is 0 Å². The molecule has 0 bridgehead atoms. The van der Waals surface area contributed by atoms with Gasteiger partial charge in [-0.05, 0) is 42.8 Å². The van der Waals surface area contributed by atoms with Crippen LogP contribution in [0.2, 0.25) is 0 Å². The van der Waals surface area contributed by atoms with Gasteiger partial charge < -0.3 is 0 Å². The topological polar surface area (TPSA) is 58.2 Å². The number of hydrogen-bond acceptors (Lipinski definition) is 3. The SMILES string of the molecule is Cc1ccc(SCC(=O)NNC(=O)/C=C/c2ccc(Br)cc2)cc1. The maximum absolute atomic E-state index is 11.7. The van der Waals surface area contributed by atoms with Crippen molar-refractivity contribution >= 4 is 45.6 Å². The standard InChI is InChI=1S/C18H17BrN2O2S/c1-13-2-9-16(10-3-13)24-12-18(23)21-20-17(22)11-6-14-4-7-15(19)8-5-14/h2-11H,12H2,1H3,(H,20,22)(H,21,23)/b11-6+. The molecule has 0 aliphatic rings. The number of thioether (sulfide) groups is 1. The minimum Gasteiger partial charge on any atom is -0.272 e. The lowest BCUT2D eigenvalue weighted by Gasteiger charge is -2.05. The van der Waals surface area contributed by atoms with Gasteiger partial charge in [0.25, 0.3) is 5.91 Å². The maximum atomic E-state index is 11.7. The smallest absolute Gasteiger partial charge is 0.262 e. The van der Waals surface area contributed by atoms with E-state index in [9.17, 15) is 9.59 Å². The number of nitrogens with one attached hydrogen (secondary N) is 2. The fraction of sp³-hybridized carbons (Fsp3) is 0.111. The van der Waals surface area contributed by atoms with Crippen molar-refractivity contribution in [2.24, 2.45) is 0 Å². The minimum absolute atomic E-state index is 0.236. The van der Waals surface area contributed by atoms with E-state index in [1.807, 2.05) is 55.5 Å². The lowest BCUT2D eigenvalue weighted by molar-refractivity contribution is -0.125.